The fourth-order valence-electron chi connectivity index (χ4n) is 1.73. The Labute approximate surface area is 121 Å². The number of amides is 1. The largest absolute Gasteiger partial charge is 0.480 e. The van der Waals surface area contributed by atoms with Crippen LogP contribution in [0.15, 0.2) is 40.9 Å². The number of carboxylic acids is 1. The molecule has 0 spiro atoms. The lowest BCUT2D eigenvalue weighted by Crippen LogP contribution is -2.51. The minimum absolute atomic E-state index is 0.0187. The number of carboxylic acid groups (broad SMARTS) is 1. The highest BCUT2D eigenvalue weighted by Crippen LogP contribution is 2.19. The van der Waals surface area contributed by atoms with Gasteiger partial charge in [-0.25, -0.2) is 4.79 Å². The van der Waals surface area contributed by atoms with Crippen molar-refractivity contribution in [3.8, 4) is 11.3 Å². The normalized spacial score (nSPS) is 13.4. The van der Waals surface area contributed by atoms with Gasteiger partial charge in [0.15, 0.2) is 0 Å². The molecule has 0 fully saturated rings. The molecule has 1 heterocycles. The first kappa shape index (κ1) is 14.8. The van der Waals surface area contributed by atoms with Crippen LogP contribution in [0.1, 0.15) is 30.8 Å². The molecule has 0 saturated heterocycles. The smallest absolute Gasteiger partial charge is 0.329 e. The molecule has 110 valence electrons. The number of carbonyl (C=O) groups is 2. The summed E-state index contributed by atoms with van der Waals surface area (Å²) >= 11 is 0. The molecule has 0 aliphatic heterocycles. The summed E-state index contributed by atoms with van der Waals surface area (Å²) < 4.78 is 5.00. The molecular formula is C15H16N2O4. The van der Waals surface area contributed by atoms with Gasteiger partial charge in [-0.2, -0.15) is 0 Å². The van der Waals surface area contributed by atoms with Crippen molar-refractivity contribution in [2.24, 2.45) is 0 Å². The molecule has 2 aromatic rings. The number of rotatable bonds is 5. The minimum atomic E-state index is -1.34. The average molecular weight is 288 g/mol. The van der Waals surface area contributed by atoms with E-state index in [0.29, 0.717) is 5.69 Å². The maximum atomic E-state index is 12.1. The molecule has 0 radical (unpaired) electrons. The molecule has 1 atom stereocenters. The maximum absolute atomic E-state index is 12.1. The van der Waals surface area contributed by atoms with Crippen molar-refractivity contribution < 1.29 is 19.2 Å². The van der Waals surface area contributed by atoms with Crippen molar-refractivity contribution in [2.45, 2.75) is 25.8 Å². The zero-order chi connectivity index (χ0) is 15.5. The molecular weight excluding hydrogens is 272 g/mol. The summed E-state index contributed by atoms with van der Waals surface area (Å²) in [5.41, 5.74) is 0.00242. The van der Waals surface area contributed by atoms with E-state index in [1.807, 2.05) is 30.3 Å². The molecule has 1 aromatic carbocycles. The van der Waals surface area contributed by atoms with Crippen molar-refractivity contribution in [1.29, 1.82) is 0 Å². The topological polar surface area (TPSA) is 92.4 Å². The van der Waals surface area contributed by atoms with Crippen LogP contribution in [0.5, 0.6) is 0 Å². The fraction of sp³-hybridized carbons (Fsp3) is 0.267. The second kappa shape index (κ2) is 5.78. The van der Waals surface area contributed by atoms with Crippen LogP contribution in [-0.2, 0) is 4.79 Å². The molecule has 6 heteroatoms. The lowest BCUT2D eigenvalue weighted by Gasteiger charge is -2.23. The Bertz CT molecular complexity index is 651. The van der Waals surface area contributed by atoms with Crippen LogP contribution in [0, 0.1) is 0 Å². The van der Waals surface area contributed by atoms with Crippen molar-refractivity contribution in [1.82, 2.24) is 10.5 Å². The number of aromatic nitrogens is 1. The molecule has 6 nitrogen and oxygen atoms in total. The third kappa shape index (κ3) is 3.10. The van der Waals surface area contributed by atoms with Crippen molar-refractivity contribution in [2.75, 3.05) is 0 Å². The van der Waals surface area contributed by atoms with Gasteiger partial charge in [-0.15, -0.1) is 0 Å². The first-order valence-electron chi connectivity index (χ1n) is 6.54. The average Bonchev–Trinajstić information content (AvgIpc) is 2.97. The SMILES string of the molecule is CCC(C)(NC(=O)c1cc(-c2ccccc2)no1)C(=O)O. The van der Waals surface area contributed by atoms with E-state index in [1.165, 1.54) is 13.0 Å². The highest BCUT2D eigenvalue weighted by molar-refractivity contribution is 5.96. The van der Waals surface area contributed by atoms with Crippen molar-refractivity contribution in [3.63, 3.8) is 0 Å². The Hall–Kier alpha value is -2.63. The van der Waals surface area contributed by atoms with E-state index < -0.39 is 17.4 Å². The minimum Gasteiger partial charge on any atom is -0.480 e. The predicted molar refractivity (Wildman–Crippen MR) is 75.7 cm³/mol. The Morgan fingerprint density at radius 1 is 1.33 bits per heavy atom. The molecule has 2 N–H and O–H groups in total. The summed E-state index contributed by atoms with van der Waals surface area (Å²) in [5.74, 6) is -1.72. The number of hydrogen-bond acceptors (Lipinski definition) is 4. The van der Waals surface area contributed by atoms with Gasteiger partial charge in [0.2, 0.25) is 5.76 Å². The summed E-state index contributed by atoms with van der Waals surface area (Å²) in [5, 5.41) is 15.4. The van der Waals surface area contributed by atoms with Gasteiger partial charge in [-0.1, -0.05) is 42.4 Å². The highest BCUT2D eigenvalue weighted by atomic mass is 16.5. The molecule has 1 unspecified atom stereocenters. The Balaban J connectivity index is 2.18. The highest BCUT2D eigenvalue weighted by Gasteiger charge is 2.34. The number of aliphatic carboxylic acids is 1. The molecule has 1 amide bonds. The second-order valence-corrected chi connectivity index (χ2v) is 4.89. The summed E-state index contributed by atoms with van der Waals surface area (Å²) in [7, 11) is 0. The van der Waals surface area contributed by atoms with Crippen LogP contribution < -0.4 is 5.32 Å². The third-order valence-corrected chi connectivity index (χ3v) is 3.37. The van der Waals surface area contributed by atoms with Crippen LogP contribution in [-0.4, -0.2) is 27.7 Å². The lowest BCUT2D eigenvalue weighted by molar-refractivity contribution is -0.143. The molecule has 0 aliphatic rings. The Morgan fingerprint density at radius 2 is 2.00 bits per heavy atom. The van der Waals surface area contributed by atoms with E-state index in [4.69, 9.17) is 9.63 Å². The number of benzene rings is 1. The van der Waals surface area contributed by atoms with E-state index in [2.05, 4.69) is 10.5 Å². The molecule has 2 rings (SSSR count). The second-order valence-electron chi connectivity index (χ2n) is 4.89. The summed E-state index contributed by atoms with van der Waals surface area (Å²) in [4.78, 5) is 23.2. The fourth-order valence-corrected chi connectivity index (χ4v) is 1.73. The quantitative estimate of drug-likeness (QED) is 0.880. The molecule has 0 aliphatic carbocycles. The first-order chi connectivity index (χ1) is 9.96. The zero-order valence-electron chi connectivity index (χ0n) is 11.8. The number of nitrogens with one attached hydrogen (secondary N) is 1. The van der Waals surface area contributed by atoms with E-state index in [9.17, 15) is 9.59 Å². The van der Waals surface area contributed by atoms with Crippen molar-refractivity contribution >= 4 is 11.9 Å². The Kier molecular flexibility index (Phi) is 4.07. The molecule has 1 aromatic heterocycles. The van der Waals surface area contributed by atoms with Gasteiger partial charge < -0.3 is 14.9 Å². The van der Waals surface area contributed by atoms with Gasteiger partial charge in [-0.05, 0) is 13.3 Å². The zero-order valence-corrected chi connectivity index (χ0v) is 11.8. The van der Waals surface area contributed by atoms with Crippen LogP contribution in [0.3, 0.4) is 0 Å². The number of carbonyl (C=O) groups excluding carboxylic acids is 1. The summed E-state index contributed by atoms with van der Waals surface area (Å²) in [6, 6.07) is 10.7. The molecule has 0 saturated carbocycles. The van der Waals surface area contributed by atoms with Gasteiger partial charge in [0.05, 0.1) is 0 Å². The monoisotopic (exact) mass is 288 g/mol. The first-order valence-corrected chi connectivity index (χ1v) is 6.54. The van der Waals surface area contributed by atoms with Gasteiger partial charge in [0, 0.05) is 11.6 Å². The standard InChI is InChI=1S/C15H16N2O4/c1-3-15(2,14(19)20)16-13(18)12-9-11(17-21-12)10-7-5-4-6-8-10/h4-9H,3H2,1-2H3,(H,16,18)(H,19,20). The van der Waals surface area contributed by atoms with Crippen LogP contribution in [0.2, 0.25) is 0 Å². The number of nitrogens with zero attached hydrogens (tertiary/aromatic N) is 1. The van der Waals surface area contributed by atoms with E-state index in [1.54, 1.807) is 6.92 Å². The van der Waals surface area contributed by atoms with E-state index >= 15 is 0 Å². The van der Waals surface area contributed by atoms with Crippen molar-refractivity contribution in [3.05, 3.63) is 42.2 Å². The van der Waals surface area contributed by atoms with Gasteiger partial charge in [-0.3, -0.25) is 4.79 Å². The summed E-state index contributed by atoms with van der Waals surface area (Å²) in [6.45, 7) is 3.13. The van der Waals surface area contributed by atoms with Gasteiger partial charge in [0.25, 0.3) is 5.91 Å². The van der Waals surface area contributed by atoms with Crippen LogP contribution in [0.25, 0.3) is 11.3 Å². The van der Waals surface area contributed by atoms with Crippen LogP contribution in [0.4, 0.5) is 0 Å². The Morgan fingerprint density at radius 3 is 2.57 bits per heavy atom. The maximum Gasteiger partial charge on any atom is 0.329 e. The summed E-state index contributed by atoms with van der Waals surface area (Å²) in [6.07, 6.45) is 0.258. The lowest BCUT2D eigenvalue weighted by atomic mass is 9.99. The van der Waals surface area contributed by atoms with Crippen LogP contribution >= 0.6 is 0 Å². The van der Waals surface area contributed by atoms with E-state index in [-0.39, 0.29) is 12.2 Å². The van der Waals surface area contributed by atoms with Gasteiger partial charge in [0.1, 0.15) is 11.2 Å². The molecule has 21 heavy (non-hydrogen) atoms. The predicted octanol–water partition coefficient (Wildman–Crippen LogP) is 2.32. The van der Waals surface area contributed by atoms with Gasteiger partial charge >= 0.3 is 5.97 Å². The molecule has 0 bridgehead atoms. The van der Waals surface area contributed by atoms with E-state index in [0.717, 1.165) is 5.56 Å². The third-order valence-electron chi connectivity index (χ3n) is 3.37. The number of hydrogen-bond donors (Lipinski definition) is 2.